The predicted octanol–water partition coefficient (Wildman–Crippen LogP) is 6.05. The molecule has 232 valence electrons. The summed E-state index contributed by atoms with van der Waals surface area (Å²) in [5.74, 6) is -1.50. The third kappa shape index (κ3) is 13.7. The highest BCUT2D eigenvalue weighted by Gasteiger charge is 2.27. The van der Waals surface area contributed by atoms with Crippen molar-refractivity contribution >= 4 is 24.2 Å². The van der Waals surface area contributed by atoms with Gasteiger partial charge in [0, 0.05) is 13.0 Å². The number of benzene rings is 1. The quantitative estimate of drug-likeness (QED) is 0.134. The molecule has 11 nitrogen and oxygen atoms in total. The van der Waals surface area contributed by atoms with Crippen LogP contribution < -0.4 is 14.8 Å². The van der Waals surface area contributed by atoms with Gasteiger partial charge in [-0.3, -0.25) is 9.59 Å². The number of ether oxygens (including phenoxy) is 5. The molecule has 0 heterocycles. The maximum atomic E-state index is 12.5. The molecule has 0 bridgehead atoms. The van der Waals surface area contributed by atoms with Gasteiger partial charge in [0.25, 0.3) is 0 Å². The van der Waals surface area contributed by atoms with E-state index in [0.29, 0.717) is 24.8 Å². The van der Waals surface area contributed by atoms with Crippen LogP contribution in [0.15, 0.2) is 18.2 Å². The highest BCUT2D eigenvalue weighted by atomic mass is 16.8. The van der Waals surface area contributed by atoms with Crippen molar-refractivity contribution in [3.63, 3.8) is 0 Å². The van der Waals surface area contributed by atoms with Crippen LogP contribution in [0, 0.1) is 5.92 Å². The molecule has 0 aliphatic carbocycles. The maximum Gasteiger partial charge on any atom is 0.514 e. The minimum atomic E-state index is -1.12. The van der Waals surface area contributed by atoms with Gasteiger partial charge in [-0.2, -0.15) is 0 Å². The van der Waals surface area contributed by atoms with Crippen molar-refractivity contribution in [1.29, 1.82) is 0 Å². The molecule has 0 aromatic heterocycles. The third-order valence-corrected chi connectivity index (χ3v) is 6.75. The van der Waals surface area contributed by atoms with Gasteiger partial charge in [-0.15, -0.1) is 0 Å². The molecular formula is C30H47NO10. The molecule has 0 aliphatic rings. The third-order valence-electron chi connectivity index (χ3n) is 6.75. The van der Waals surface area contributed by atoms with Crippen LogP contribution in [0.25, 0.3) is 0 Å². The molecule has 11 heteroatoms. The fourth-order valence-electron chi connectivity index (χ4n) is 3.19. The number of esters is 1. The molecule has 0 radical (unpaired) electrons. The molecule has 2 N–H and O–H groups in total. The van der Waals surface area contributed by atoms with Crippen LogP contribution >= 0.6 is 0 Å². The Morgan fingerprint density at radius 2 is 1.41 bits per heavy atom. The average molecular weight is 582 g/mol. The molecule has 1 rings (SSSR count). The minimum absolute atomic E-state index is 0.0116. The van der Waals surface area contributed by atoms with E-state index in [1.54, 1.807) is 40.7 Å². The topological polar surface area (TPSA) is 147 Å². The average Bonchev–Trinajstić information content (AvgIpc) is 2.86. The Kier molecular flexibility index (Phi) is 14.1. The number of carbonyl (C=O) groups is 4. The summed E-state index contributed by atoms with van der Waals surface area (Å²) >= 11 is 0. The first-order valence-corrected chi connectivity index (χ1v) is 14.1. The molecule has 1 aromatic carbocycles. The number of aliphatic carboxylic acids is 1. The van der Waals surface area contributed by atoms with Crippen LogP contribution in [-0.4, -0.2) is 59.2 Å². The lowest BCUT2D eigenvalue weighted by atomic mass is 10.0. The number of carboxylic acid groups (broad SMARTS) is 1. The second kappa shape index (κ2) is 16.2. The second-order valence-corrected chi connectivity index (χ2v) is 11.4. The Bertz CT molecular complexity index is 1040. The number of rotatable bonds is 16. The Labute approximate surface area is 243 Å². The van der Waals surface area contributed by atoms with E-state index in [-0.39, 0.29) is 36.4 Å². The van der Waals surface area contributed by atoms with Crippen LogP contribution in [0.1, 0.15) is 93.6 Å². The summed E-state index contributed by atoms with van der Waals surface area (Å²) in [5, 5.41) is 12.7. The first-order chi connectivity index (χ1) is 19.0. The summed E-state index contributed by atoms with van der Waals surface area (Å²) in [4.78, 5) is 49.0. The van der Waals surface area contributed by atoms with Crippen LogP contribution in [0.5, 0.6) is 11.5 Å². The second-order valence-electron chi connectivity index (χ2n) is 11.4. The molecule has 0 saturated heterocycles. The van der Waals surface area contributed by atoms with E-state index in [9.17, 15) is 24.3 Å². The van der Waals surface area contributed by atoms with Gasteiger partial charge in [-0.1, -0.05) is 40.2 Å². The van der Waals surface area contributed by atoms with Crippen molar-refractivity contribution in [2.24, 2.45) is 5.92 Å². The zero-order chi connectivity index (χ0) is 31.4. The van der Waals surface area contributed by atoms with Crippen molar-refractivity contribution in [3.05, 3.63) is 23.8 Å². The maximum absolute atomic E-state index is 12.5. The standard InChI is InChI=1S/C30H47NO10/c1-10-19(4)15-25(32)37-20(5)18-31-22(26(33)34)16-21-13-14-23(38-27(35)40-29(6,7)11-2)24(17-21)39-28(36)41-30(8,9)12-3/h13-14,17,19-20,22,31H,10-12,15-16,18H2,1-9H3,(H,33,34)/t19?,20?,22-/m0/s1. The minimum Gasteiger partial charge on any atom is -0.480 e. The largest absolute Gasteiger partial charge is 0.514 e. The molecule has 0 aliphatic heterocycles. The SMILES string of the molecule is CCC(C)CC(=O)OC(C)CN[C@@H](Cc1ccc(OC(=O)OC(C)(C)CC)c(OC(=O)OC(C)(C)CC)c1)C(=O)O. The van der Waals surface area contributed by atoms with Gasteiger partial charge in [-0.05, 0) is 77.5 Å². The summed E-state index contributed by atoms with van der Waals surface area (Å²) in [6, 6.07) is 3.30. The Balaban J connectivity index is 3.08. The summed E-state index contributed by atoms with van der Waals surface area (Å²) in [7, 11) is 0. The van der Waals surface area contributed by atoms with Crippen LogP contribution in [0.2, 0.25) is 0 Å². The Hall–Kier alpha value is -3.34. The van der Waals surface area contributed by atoms with Crippen LogP contribution in [-0.2, 0) is 30.2 Å². The van der Waals surface area contributed by atoms with E-state index in [1.165, 1.54) is 12.1 Å². The zero-order valence-corrected chi connectivity index (χ0v) is 25.8. The van der Waals surface area contributed by atoms with E-state index < -0.39 is 41.6 Å². The zero-order valence-electron chi connectivity index (χ0n) is 25.8. The molecule has 0 fully saturated rings. The van der Waals surface area contributed by atoms with Gasteiger partial charge in [0.15, 0.2) is 11.5 Å². The van der Waals surface area contributed by atoms with Crippen molar-refractivity contribution in [3.8, 4) is 11.5 Å². The molecule has 2 unspecified atom stereocenters. The number of hydrogen-bond acceptors (Lipinski definition) is 10. The van der Waals surface area contributed by atoms with Gasteiger partial charge >= 0.3 is 24.2 Å². The molecular weight excluding hydrogens is 534 g/mol. The first-order valence-electron chi connectivity index (χ1n) is 14.1. The summed E-state index contributed by atoms with van der Waals surface area (Å²) in [6.07, 6.45) is -0.337. The predicted molar refractivity (Wildman–Crippen MR) is 152 cm³/mol. The van der Waals surface area contributed by atoms with E-state index in [1.807, 2.05) is 27.7 Å². The first kappa shape index (κ1) is 35.7. The van der Waals surface area contributed by atoms with Gasteiger partial charge in [0.1, 0.15) is 23.3 Å². The summed E-state index contributed by atoms with van der Waals surface area (Å²) in [5.41, 5.74) is -1.10. The molecule has 1 aromatic rings. The van der Waals surface area contributed by atoms with Crippen molar-refractivity contribution in [2.75, 3.05) is 6.54 Å². The highest BCUT2D eigenvalue weighted by molar-refractivity contribution is 5.74. The van der Waals surface area contributed by atoms with Crippen molar-refractivity contribution in [1.82, 2.24) is 5.32 Å². The van der Waals surface area contributed by atoms with Gasteiger partial charge < -0.3 is 34.1 Å². The number of carbonyl (C=O) groups excluding carboxylic acids is 3. The van der Waals surface area contributed by atoms with E-state index in [4.69, 9.17) is 23.7 Å². The van der Waals surface area contributed by atoms with Gasteiger partial charge in [0.05, 0.1) is 0 Å². The van der Waals surface area contributed by atoms with E-state index >= 15 is 0 Å². The molecule has 3 atom stereocenters. The molecule has 41 heavy (non-hydrogen) atoms. The van der Waals surface area contributed by atoms with Crippen LogP contribution in [0.3, 0.4) is 0 Å². The summed E-state index contributed by atoms with van der Waals surface area (Å²) in [6.45, 7) is 16.3. The smallest absolute Gasteiger partial charge is 0.480 e. The van der Waals surface area contributed by atoms with Crippen molar-refractivity contribution < 1.29 is 48.0 Å². The normalized spacial score (nSPS) is 13.9. The number of carboxylic acids is 1. The van der Waals surface area contributed by atoms with E-state index in [2.05, 4.69) is 5.32 Å². The fourth-order valence-corrected chi connectivity index (χ4v) is 3.19. The Morgan fingerprint density at radius 1 is 0.878 bits per heavy atom. The fraction of sp³-hybridized carbons (Fsp3) is 0.667. The lowest BCUT2D eigenvalue weighted by Gasteiger charge is -2.24. The monoisotopic (exact) mass is 581 g/mol. The Morgan fingerprint density at radius 3 is 1.90 bits per heavy atom. The van der Waals surface area contributed by atoms with E-state index in [0.717, 1.165) is 6.42 Å². The van der Waals surface area contributed by atoms with Crippen molar-refractivity contribution in [2.45, 2.75) is 118 Å². The lowest BCUT2D eigenvalue weighted by Crippen LogP contribution is -2.42. The lowest BCUT2D eigenvalue weighted by molar-refractivity contribution is -0.149. The summed E-state index contributed by atoms with van der Waals surface area (Å²) < 4.78 is 26.8. The number of nitrogens with one attached hydrogen (secondary N) is 1. The molecule has 0 amide bonds. The highest BCUT2D eigenvalue weighted by Crippen LogP contribution is 2.31. The number of hydrogen-bond donors (Lipinski definition) is 2. The van der Waals surface area contributed by atoms with Gasteiger partial charge in [-0.25, -0.2) is 9.59 Å². The van der Waals surface area contributed by atoms with Crippen LogP contribution in [0.4, 0.5) is 9.59 Å². The molecule has 0 spiro atoms. The van der Waals surface area contributed by atoms with Gasteiger partial charge in [0.2, 0.25) is 0 Å². The molecule has 0 saturated carbocycles.